The average Bonchev–Trinajstić information content (AvgIpc) is 3.11. The number of anilines is 1. The van der Waals surface area contributed by atoms with Gasteiger partial charge in [-0.15, -0.1) is 5.10 Å². The van der Waals surface area contributed by atoms with E-state index in [1.807, 2.05) is 55.5 Å². The normalized spacial score (nSPS) is 14.0. The molecular weight excluding hydrogens is 370 g/mol. The quantitative estimate of drug-likeness (QED) is 0.670. The van der Waals surface area contributed by atoms with Crippen molar-refractivity contribution in [3.63, 3.8) is 0 Å². The summed E-state index contributed by atoms with van der Waals surface area (Å²) in [5.41, 5.74) is 1.73. The Balaban J connectivity index is 1.48. The van der Waals surface area contributed by atoms with E-state index in [1.54, 1.807) is 14.0 Å². The van der Waals surface area contributed by atoms with Crippen LogP contribution in [0, 0.1) is 0 Å². The topological polar surface area (TPSA) is 90.6 Å². The molecular formula is C21H21N5O3. The molecule has 148 valence electrons. The number of carbonyl (C=O) groups excluding carboxylic acids is 1. The molecule has 0 radical (unpaired) electrons. The number of nitrogens with one attached hydrogen (secondary N) is 1. The van der Waals surface area contributed by atoms with Crippen LogP contribution in [-0.2, 0) is 0 Å². The Kier molecular flexibility index (Phi) is 4.99. The fourth-order valence-corrected chi connectivity index (χ4v) is 3.01. The number of aromatic nitrogens is 3. The number of nitrogens with zero attached hydrogens (tertiary/aromatic N) is 4. The molecule has 29 heavy (non-hydrogen) atoms. The Morgan fingerprint density at radius 1 is 1.10 bits per heavy atom. The Hall–Kier alpha value is -3.68. The third-order valence-electron chi connectivity index (χ3n) is 4.52. The summed E-state index contributed by atoms with van der Waals surface area (Å²) >= 11 is 0. The number of hydrogen-bond acceptors (Lipinski definition) is 7. The first-order chi connectivity index (χ1) is 14.0. The van der Waals surface area contributed by atoms with Crippen molar-refractivity contribution in [3.05, 3.63) is 54.1 Å². The van der Waals surface area contributed by atoms with Crippen LogP contribution in [0.5, 0.6) is 17.2 Å². The van der Waals surface area contributed by atoms with Crippen LogP contribution in [0.3, 0.4) is 0 Å². The zero-order chi connectivity index (χ0) is 20.4. The van der Waals surface area contributed by atoms with E-state index in [2.05, 4.69) is 20.4 Å². The molecule has 0 unspecified atom stereocenters. The van der Waals surface area contributed by atoms with Gasteiger partial charge in [0.25, 0.3) is 11.9 Å². The summed E-state index contributed by atoms with van der Waals surface area (Å²) in [5, 5.41) is 7.45. The van der Waals surface area contributed by atoms with Gasteiger partial charge in [-0.1, -0.05) is 12.1 Å². The number of ether oxygens (including phenoxy) is 2. The lowest BCUT2D eigenvalue weighted by Gasteiger charge is -2.14. The molecule has 1 atom stereocenters. The molecule has 0 fully saturated rings. The van der Waals surface area contributed by atoms with Crippen molar-refractivity contribution in [1.29, 1.82) is 0 Å². The largest absolute Gasteiger partial charge is 0.497 e. The molecule has 1 N–H and O–H groups in total. The van der Waals surface area contributed by atoms with Gasteiger partial charge in [-0.05, 0) is 55.8 Å². The minimum absolute atomic E-state index is 0.0981. The van der Waals surface area contributed by atoms with Crippen LogP contribution in [0.15, 0.2) is 53.5 Å². The SMILES string of the molecule is COc1ccc(Oc2cccc([C@@H](C)Nc3nc4n(n3)C(=O)CC(C)=N4)c2)cc1. The second-order valence-electron chi connectivity index (χ2n) is 6.78. The molecule has 2 heterocycles. The van der Waals surface area contributed by atoms with Crippen molar-refractivity contribution < 1.29 is 14.3 Å². The summed E-state index contributed by atoms with van der Waals surface area (Å²) in [6.07, 6.45) is 0.260. The molecule has 4 rings (SSSR count). The molecule has 0 saturated heterocycles. The minimum Gasteiger partial charge on any atom is -0.497 e. The third-order valence-corrected chi connectivity index (χ3v) is 4.52. The Bertz CT molecular complexity index is 1070. The predicted molar refractivity (Wildman–Crippen MR) is 110 cm³/mol. The van der Waals surface area contributed by atoms with E-state index < -0.39 is 0 Å². The summed E-state index contributed by atoms with van der Waals surface area (Å²) in [5.74, 6) is 2.76. The zero-order valence-corrected chi connectivity index (χ0v) is 16.4. The molecule has 1 aromatic heterocycles. The minimum atomic E-state index is -0.129. The number of hydrogen-bond donors (Lipinski definition) is 1. The maximum atomic E-state index is 12.1. The monoisotopic (exact) mass is 391 g/mol. The van der Waals surface area contributed by atoms with Crippen LogP contribution in [0.2, 0.25) is 0 Å². The molecule has 8 nitrogen and oxygen atoms in total. The van der Waals surface area contributed by atoms with Gasteiger partial charge >= 0.3 is 0 Å². The van der Waals surface area contributed by atoms with Gasteiger partial charge in [-0.2, -0.15) is 9.67 Å². The van der Waals surface area contributed by atoms with Gasteiger partial charge in [-0.25, -0.2) is 4.99 Å². The van der Waals surface area contributed by atoms with Gasteiger partial charge in [-0.3, -0.25) is 4.79 Å². The summed E-state index contributed by atoms with van der Waals surface area (Å²) in [6.45, 7) is 3.79. The molecule has 0 bridgehead atoms. The molecule has 0 spiro atoms. The maximum absolute atomic E-state index is 12.1. The van der Waals surface area contributed by atoms with Crippen LogP contribution in [0.1, 0.15) is 36.7 Å². The molecule has 1 aliphatic heterocycles. The van der Waals surface area contributed by atoms with Crippen molar-refractivity contribution in [1.82, 2.24) is 14.8 Å². The standard InChI is InChI=1S/C21H21N5O3/c1-13-11-19(27)26-21(22-13)24-20(25-26)23-14(2)15-5-4-6-18(12-15)29-17-9-7-16(28-3)8-10-17/h4-10,12,14H,11H2,1-3H3,(H,23,25)/t14-/m1/s1. The number of benzene rings is 2. The highest BCUT2D eigenvalue weighted by Gasteiger charge is 2.22. The van der Waals surface area contributed by atoms with Gasteiger partial charge in [0, 0.05) is 5.71 Å². The number of methoxy groups -OCH3 is 1. The van der Waals surface area contributed by atoms with Crippen molar-refractivity contribution in [2.75, 3.05) is 12.4 Å². The summed E-state index contributed by atoms with van der Waals surface area (Å²) in [6, 6.07) is 15.1. The van der Waals surface area contributed by atoms with Crippen molar-refractivity contribution >= 4 is 23.5 Å². The highest BCUT2D eigenvalue weighted by atomic mass is 16.5. The number of rotatable bonds is 6. The van der Waals surface area contributed by atoms with Crippen LogP contribution in [0.4, 0.5) is 11.9 Å². The molecule has 2 aromatic carbocycles. The van der Waals surface area contributed by atoms with Gasteiger partial charge < -0.3 is 14.8 Å². The molecule has 0 aliphatic carbocycles. The predicted octanol–water partition coefficient (Wildman–Crippen LogP) is 4.39. The Labute approximate surface area is 168 Å². The van der Waals surface area contributed by atoms with Crippen LogP contribution in [-0.4, -0.2) is 33.5 Å². The zero-order valence-electron chi connectivity index (χ0n) is 16.4. The third kappa shape index (κ3) is 4.11. The lowest BCUT2D eigenvalue weighted by molar-refractivity contribution is 0.0906. The van der Waals surface area contributed by atoms with Gasteiger partial charge in [0.2, 0.25) is 5.95 Å². The maximum Gasteiger partial charge on any atom is 0.257 e. The van der Waals surface area contributed by atoms with Crippen molar-refractivity contribution in [2.45, 2.75) is 26.3 Å². The van der Waals surface area contributed by atoms with Gasteiger partial charge in [0.1, 0.15) is 17.2 Å². The van der Waals surface area contributed by atoms with E-state index in [0.29, 0.717) is 17.6 Å². The van der Waals surface area contributed by atoms with E-state index in [9.17, 15) is 4.79 Å². The second-order valence-corrected chi connectivity index (χ2v) is 6.78. The first kappa shape index (κ1) is 18.7. The van der Waals surface area contributed by atoms with Crippen molar-refractivity contribution in [3.8, 4) is 17.2 Å². The Morgan fingerprint density at radius 3 is 2.62 bits per heavy atom. The molecule has 3 aromatic rings. The van der Waals surface area contributed by atoms with Crippen molar-refractivity contribution in [2.24, 2.45) is 4.99 Å². The molecule has 8 heteroatoms. The van der Waals surface area contributed by atoms with Gasteiger partial charge in [0.05, 0.1) is 19.6 Å². The molecule has 1 aliphatic rings. The average molecular weight is 391 g/mol. The van der Waals surface area contributed by atoms with E-state index >= 15 is 0 Å². The van der Waals surface area contributed by atoms with E-state index in [4.69, 9.17) is 9.47 Å². The summed E-state index contributed by atoms with van der Waals surface area (Å²) in [4.78, 5) is 20.7. The number of carbonyl (C=O) groups is 1. The summed E-state index contributed by atoms with van der Waals surface area (Å²) in [7, 11) is 1.63. The van der Waals surface area contributed by atoms with Crippen LogP contribution in [0.25, 0.3) is 0 Å². The fourth-order valence-electron chi connectivity index (χ4n) is 3.01. The fraction of sp³-hybridized carbons (Fsp3) is 0.238. The lowest BCUT2D eigenvalue weighted by atomic mass is 10.1. The first-order valence-corrected chi connectivity index (χ1v) is 9.24. The first-order valence-electron chi connectivity index (χ1n) is 9.24. The van der Waals surface area contributed by atoms with Crippen LogP contribution >= 0.6 is 0 Å². The molecule has 0 amide bonds. The van der Waals surface area contributed by atoms with E-state index in [0.717, 1.165) is 22.8 Å². The van der Waals surface area contributed by atoms with Crippen LogP contribution < -0.4 is 14.8 Å². The second kappa shape index (κ2) is 7.75. The van der Waals surface area contributed by atoms with E-state index in [1.165, 1.54) is 4.68 Å². The smallest absolute Gasteiger partial charge is 0.257 e. The number of aliphatic imine (C=N–C) groups is 1. The molecule has 0 saturated carbocycles. The number of fused-ring (bicyclic) bond motifs is 1. The highest BCUT2D eigenvalue weighted by molar-refractivity contribution is 6.04. The Morgan fingerprint density at radius 2 is 1.86 bits per heavy atom. The van der Waals surface area contributed by atoms with E-state index in [-0.39, 0.29) is 18.4 Å². The highest BCUT2D eigenvalue weighted by Crippen LogP contribution is 2.28. The lowest BCUT2D eigenvalue weighted by Crippen LogP contribution is -2.19. The summed E-state index contributed by atoms with van der Waals surface area (Å²) < 4.78 is 12.3. The van der Waals surface area contributed by atoms with Gasteiger partial charge in [0.15, 0.2) is 0 Å².